The van der Waals surface area contributed by atoms with Crippen LogP contribution in [0.4, 0.5) is 0 Å². The number of aromatic nitrogens is 2. The third-order valence-electron chi connectivity index (χ3n) is 5.78. The molecule has 0 saturated heterocycles. The predicted octanol–water partition coefficient (Wildman–Crippen LogP) is 5.03. The summed E-state index contributed by atoms with van der Waals surface area (Å²) in [5.41, 5.74) is 8.73. The summed E-state index contributed by atoms with van der Waals surface area (Å²) in [6, 6.07) is 13.7. The Morgan fingerprint density at radius 3 is 1.62 bits per heavy atom. The van der Waals surface area contributed by atoms with Gasteiger partial charge in [-0.3, -0.25) is 0 Å². The van der Waals surface area contributed by atoms with Crippen molar-refractivity contribution in [2.45, 2.75) is 51.4 Å². The van der Waals surface area contributed by atoms with Gasteiger partial charge in [0.25, 0.3) is 0 Å². The van der Waals surface area contributed by atoms with Crippen LogP contribution in [0.3, 0.4) is 0 Å². The molecule has 5 rings (SSSR count). The van der Waals surface area contributed by atoms with Gasteiger partial charge in [-0.2, -0.15) is 0 Å². The van der Waals surface area contributed by atoms with Crippen LogP contribution in [-0.2, 0) is 25.7 Å². The summed E-state index contributed by atoms with van der Waals surface area (Å²) in [7, 11) is 0. The van der Waals surface area contributed by atoms with Gasteiger partial charge >= 0.3 is 0 Å². The Balaban J connectivity index is 1.58. The van der Waals surface area contributed by atoms with E-state index in [0.29, 0.717) is 0 Å². The van der Waals surface area contributed by atoms with Crippen molar-refractivity contribution in [3.05, 3.63) is 71.3 Å². The molecule has 0 bridgehead atoms. The van der Waals surface area contributed by atoms with E-state index >= 15 is 0 Å². The number of rotatable bonds is 2. The minimum atomic E-state index is 1.21. The number of hydrogen-bond acceptors (Lipinski definition) is 0. The Bertz CT molecular complexity index is 812. The zero-order chi connectivity index (χ0) is 15.9. The topological polar surface area (TPSA) is 9.86 Å². The van der Waals surface area contributed by atoms with Crippen molar-refractivity contribution >= 4 is 0 Å². The second-order valence-corrected chi connectivity index (χ2v) is 7.25. The van der Waals surface area contributed by atoms with Crippen LogP contribution in [0.2, 0.25) is 0 Å². The highest BCUT2D eigenvalue weighted by Gasteiger charge is 2.17. The van der Waals surface area contributed by atoms with Gasteiger partial charge in [-0.05, 0) is 92.8 Å². The summed E-state index contributed by atoms with van der Waals surface area (Å²) >= 11 is 0. The molecule has 2 heteroatoms. The Kier molecular flexibility index (Phi) is 3.36. The number of fused-ring (bicyclic) bond motifs is 2. The second-order valence-electron chi connectivity index (χ2n) is 7.25. The van der Waals surface area contributed by atoms with Crippen LogP contribution in [-0.4, -0.2) is 9.13 Å². The Morgan fingerprint density at radius 2 is 1.08 bits per heavy atom. The smallest absolute Gasteiger partial charge is 0.0473 e. The molecule has 0 atom stereocenters. The van der Waals surface area contributed by atoms with E-state index in [-0.39, 0.29) is 0 Å². The van der Waals surface area contributed by atoms with Gasteiger partial charge in [0.15, 0.2) is 0 Å². The average molecular weight is 316 g/mol. The molecular weight excluding hydrogens is 292 g/mol. The molecule has 2 aliphatic carbocycles. The van der Waals surface area contributed by atoms with E-state index in [1.807, 2.05) is 0 Å². The van der Waals surface area contributed by atoms with Crippen molar-refractivity contribution in [3.8, 4) is 11.4 Å². The van der Waals surface area contributed by atoms with Gasteiger partial charge < -0.3 is 9.13 Å². The predicted molar refractivity (Wildman–Crippen MR) is 98.4 cm³/mol. The van der Waals surface area contributed by atoms with Gasteiger partial charge in [0.2, 0.25) is 0 Å². The fourth-order valence-electron chi connectivity index (χ4n) is 4.52. The molecule has 0 radical (unpaired) electrons. The number of benzene rings is 1. The minimum absolute atomic E-state index is 1.21. The van der Waals surface area contributed by atoms with Crippen molar-refractivity contribution in [2.75, 3.05) is 0 Å². The Morgan fingerprint density at radius 1 is 0.583 bits per heavy atom. The van der Waals surface area contributed by atoms with E-state index < -0.39 is 0 Å². The first-order valence-corrected chi connectivity index (χ1v) is 9.39. The van der Waals surface area contributed by atoms with Gasteiger partial charge in [-0.1, -0.05) is 6.07 Å². The van der Waals surface area contributed by atoms with E-state index in [2.05, 4.69) is 57.9 Å². The normalized spacial score (nSPS) is 16.7. The van der Waals surface area contributed by atoms with Gasteiger partial charge in [0.05, 0.1) is 0 Å². The lowest BCUT2D eigenvalue weighted by atomic mass is 9.98. The van der Waals surface area contributed by atoms with E-state index in [1.54, 1.807) is 11.1 Å². The Hall–Kier alpha value is -2.22. The van der Waals surface area contributed by atoms with Crippen LogP contribution in [0.5, 0.6) is 0 Å². The van der Waals surface area contributed by atoms with Crippen LogP contribution in [0.1, 0.15) is 48.2 Å². The molecule has 0 saturated carbocycles. The van der Waals surface area contributed by atoms with Gasteiger partial charge in [-0.25, -0.2) is 0 Å². The lowest BCUT2D eigenvalue weighted by Gasteiger charge is -2.18. The van der Waals surface area contributed by atoms with Crippen molar-refractivity contribution in [1.29, 1.82) is 0 Å². The summed E-state index contributed by atoms with van der Waals surface area (Å²) < 4.78 is 4.82. The molecule has 0 N–H and O–H groups in total. The zero-order valence-corrected chi connectivity index (χ0v) is 14.2. The summed E-state index contributed by atoms with van der Waals surface area (Å²) in [6.45, 7) is 0. The van der Waals surface area contributed by atoms with Crippen LogP contribution in [0.25, 0.3) is 11.4 Å². The van der Waals surface area contributed by atoms with E-state index in [4.69, 9.17) is 0 Å². The minimum Gasteiger partial charge on any atom is -0.321 e. The maximum atomic E-state index is 2.41. The number of aryl methyl sites for hydroxylation is 2. The summed E-state index contributed by atoms with van der Waals surface area (Å²) in [5, 5.41) is 0. The molecule has 2 nitrogen and oxygen atoms in total. The van der Waals surface area contributed by atoms with Gasteiger partial charge in [0.1, 0.15) is 0 Å². The van der Waals surface area contributed by atoms with E-state index in [0.717, 1.165) is 0 Å². The van der Waals surface area contributed by atoms with Crippen LogP contribution in [0.15, 0.2) is 48.8 Å². The summed E-state index contributed by atoms with van der Waals surface area (Å²) in [6.07, 6.45) is 14.8. The first-order valence-electron chi connectivity index (χ1n) is 9.39. The molecule has 1 aromatic carbocycles. The standard InChI is InChI=1S/C22H24N2/c1-3-10-21-17(6-1)12-14-23(21)19-8-5-9-20(16-19)24-15-13-18-7-2-4-11-22(18)24/h5,8-9,12-16H,1-4,6-7,10-11H2. The van der Waals surface area contributed by atoms with Crippen molar-refractivity contribution in [1.82, 2.24) is 9.13 Å². The summed E-state index contributed by atoms with van der Waals surface area (Å²) in [5.74, 6) is 0. The molecule has 0 spiro atoms. The molecule has 2 aliphatic rings. The molecule has 24 heavy (non-hydrogen) atoms. The van der Waals surface area contributed by atoms with E-state index in [9.17, 15) is 0 Å². The maximum absolute atomic E-state index is 2.41. The van der Waals surface area contributed by atoms with Crippen LogP contribution in [0, 0.1) is 0 Å². The van der Waals surface area contributed by atoms with Crippen molar-refractivity contribution < 1.29 is 0 Å². The lowest BCUT2D eigenvalue weighted by molar-refractivity contribution is 0.661. The van der Waals surface area contributed by atoms with E-state index in [1.165, 1.54) is 74.1 Å². The lowest BCUT2D eigenvalue weighted by Crippen LogP contribution is -2.08. The molecular formula is C22H24N2. The summed E-state index contributed by atoms with van der Waals surface area (Å²) in [4.78, 5) is 0. The van der Waals surface area contributed by atoms with Crippen LogP contribution >= 0.6 is 0 Å². The monoisotopic (exact) mass is 316 g/mol. The highest BCUT2D eigenvalue weighted by molar-refractivity contribution is 5.48. The third-order valence-corrected chi connectivity index (χ3v) is 5.78. The molecule has 3 aromatic rings. The molecule has 0 aliphatic heterocycles. The first-order chi connectivity index (χ1) is 11.9. The van der Waals surface area contributed by atoms with Gasteiger partial charge in [0, 0.05) is 35.2 Å². The Labute approximate surface area is 143 Å². The van der Waals surface area contributed by atoms with Crippen LogP contribution < -0.4 is 0 Å². The highest BCUT2D eigenvalue weighted by Crippen LogP contribution is 2.28. The maximum Gasteiger partial charge on any atom is 0.0473 e. The van der Waals surface area contributed by atoms with Crippen molar-refractivity contribution in [2.24, 2.45) is 0 Å². The average Bonchev–Trinajstić information content (AvgIpc) is 3.26. The number of nitrogens with zero attached hydrogens (tertiary/aromatic N) is 2. The quantitative estimate of drug-likeness (QED) is 0.628. The highest BCUT2D eigenvalue weighted by atomic mass is 15.0. The fraction of sp³-hybridized carbons (Fsp3) is 0.364. The number of hydrogen-bond donors (Lipinski definition) is 0. The van der Waals surface area contributed by atoms with Gasteiger partial charge in [-0.15, -0.1) is 0 Å². The largest absolute Gasteiger partial charge is 0.321 e. The molecule has 0 fully saturated rings. The SMILES string of the molecule is c1cc(-n2ccc3c2CCCC3)cc(-n2ccc3c2CCCC3)c1. The molecule has 0 amide bonds. The molecule has 0 unspecified atom stereocenters. The second kappa shape index (κ2) is 5.70. The third kappa shape index (κ3) is 2.24. The molecule has 122 valence electrons. The molecule has 2 aromatic heterocycles. The molecule has 2 heterocycles. The zero-order valence-electron chi connectivity index (χ0n) is 14.2. The first kappa shape index (κ1) is 14.2. The fourth-order valence-corrected chi connectivity index (χ4v) is 4.52. The van der Waals surface area contributed by atoms with Crippen molar-refractivity contribution in [3.63, 3.8) is 0 Å².